The highest BCUT2D eigenvalue weighted by Gasteiger charge is 2.08. The summed E-state index contributed by atoms with van der Waals surface area (Å²) in [6, 6.07) is 9.70. The van der Waals surface area contributed by atoms with Gasteiger partial charge < -0.3 is 14.8 Å². The van der Waals surface area contributed by atoms with Gasteiger partial charge in [0.05, 0.1) is 11.4 Å². The number of amides is 1. The molecule has 0 bridgehead atoms. The predicted octanol–water partition coefficient (Wildman–Crippen LogP) is 2.32. The van der Waals surface area contributed by atoms with E-state index in [0.29, 0.717) is 23.9 Å². The monoisotopic (exact) mass is 320 g/mol. The van der Waals surface area contributed by atoms with Crippen molar-refractivity contribution in [3.8, 4) is 11.5 Å². The van der Waals surface area contributed by atoms with Crippen LogP contribution in [0.5, 0.6) is 0 Å². The summed E-state index contributed by atoms with van der Waals surface area (Å²) < 4.78 is 5.45. The Bertz CT molecular complexity index is 586. The zero-order valence-electron chi connectivity index (χ0n) is 12.5. The Hall–Kier alpha value is -1.79. The lowest BCUT2D eigenvalue weighted by molar-refractivity contribution is -0.118. The fourth-order valence-electron chi connectivity index (χ4n) is 1.74. The Morgan fingerprint density at radius 1 is 1.41 bits per heavy atom. The fourth-order valence-corrected chi connectivity index (χ4v) is 2.47. The number of aliphatic hydroxyl groups excluding tert-OH is 1. The second-order valence-corrected chi connectivity index (χ2v) is 6.08. The summed E-state index contributed by atoms with van der Waals surface area (Å²) in [4.78, 5) is 16.0. The second kappa shape index (κ2) is 8.60. The first-order chi connectivity index (χ1) is 10.7. The third-order valence-corrected chi connectivity index (χ3v) is 3.98. The average molecular weight is 320 g/mol. The summed E-state index contributed by atoms with van der Waals surface area (Å²) in [5, 5.41) is 11.7. The molecule has 2 aromatic rings. The quantitative estimate of drug-likeness (QED) is 0.781. The minimum absolute atomic E-state index is 0.0305. The van der Waals surface area contributed by atoms with E-state index in [4.69, 9.17) is 9.52 Å². The molecular formula is C16H20N2O3S. The smallest absolute Gasteiger partial charge is 0.230 e. The van der Waals surface area contributed by atoms with Crippen LogP contribution in [-0.2, 0) is 10.5 Å². The van der Waals surface area contributed by atoms with Crippen LogP contribution in [0.1, 0.15) is 12.6 Å². The van der Waals surface area contributed by atoms with E-state index < -0.39 is 0 Å². The van der Waals surface area contributed by atoms with Crippen molar-refractivity contribution in [1.29, 1.82) is 0 Å². The van der Waals surface area contributed by atoms with Crippen LogP contribution in [0.25, 0.3) is 11.5 Å². The Balaban J connectivity index is 1.74. The standard InChI is InChI=1S/C16H20N2O3S/c1-12(8-19)7-17-15(20)11-22-10-14-9-21-16(18-14)13-5-3-2-4-6-13/h2-6,9,12,19H,7-8,10-11H2,1H3,(H,17,20). The van der Waals surface area contributed by atoms with Gasteiger partial charge in [-0.15, -0.1) is 11.8 Å². The first kappa shape index (κ1) is 16.6. The number of thioether (sulfide) groups is 1. The minimum atomic E-state index is -0.0305. The normalized spacial score (nSPS) is 12.1. The first-order valence-electron chi connectivity index (χ1n) is 7.14. The molecule has 118 valence electrons. The molecule has 1 aromatic heterocycles. The average Bonchev–Trinajstić information content (AvgIpc) is 3.02. The summed E-state index contributed by atoms with van der Waals surface area (Å²) >= 11 is 1.49. The van der Waals surface area contributed by atoms with E-state index in [-0.39, 0.29) is 18.4 Å². The van der Waals surface area contributed by atoms with Crippen molar-refractivity contribution in [2.75, 3.05) is 18.9 Å². The van der Waals surface area contributed by atoms with E-state index in [1.165, 1.54) is 11.8 Å². The lowest BCUT2D eigenvalue weighted by Crippen LogP contribution is -2.30. The molecule has 2 N–H and O–H groups in total. The van der Waals surface area contributed by atoms with Crippen molar-refractivity contribution in [1.82, 2.24) is 10.3 Å². The van der Waals surface area contributed by atoms with Crippen molar-refractivity contribution in [3.05, 3.63) is 42.3 Å². The van der Waals surface area contributed by atoms with Crippen molar-refractivity contribution in [3.63, 3.8) is 0 Å². The zero-order chi connectivity index (χ0) is 15.8. The van der Waals surface area contributed by atoms with Crippen molar-refractivity contribution in [2.45, 2.75) is 12.7 Å². The highest BCUT2D eigenvalue weighted by molar-refractivity contribution is 7.99. The Morgan fingerprint density at radius 3 is 2.91 bits per heavy atom. The SMILES string of the molecule is CC(CO)CNC(=O)CSCc1coc(-c2ccccc2)n1. The molecule has 1 heterocycles. The predicted molar refractivity (Wildman–Crippen MR) is 87.4 cm³/mol. The number of hydrogen-bond donors (Lipinski definition) is 2. The third kappa shape index (κ3) is 5.20. The molecular weight excluding hydrogens is 300 g/mol. The fraction of sp³-hybridized carbons (Fsp3) is 0.375. The summed E-state index contributed by atoms with van der Waals surface area (Å²) in [6.45, 7) is 2.46. The molecule has 5 nitrogen and oxygen atoms in total. The number of hydrogen-bond acceptors (Lipinski definition) is 5. The van der Waals surface area contributed by atoms with Crippen LogP contribution in [0.15, 0.2) is 41.0 Å². The Kier molecular flexibility index (Phi) is 6.48. The summed E-state index contributed by atoms with van der Waals surface area (Å²) in [5.41, 5.74) is 1.76. The molecule has 1 atom stereocenters. The van der Waals surface area contributed by atoms with Crippen LogP contribution in [0.2, 0.25) is 0 Å². The maximum Gasteiger partial charge on any atom is 0.230 e. The van der Waals surface area contributed by atoms with E-state index >= 15 is 0 Å². The number of nitrogens with zero attached hydrogens (tertiary/aromatic N) is 1. The number of aliphatic hydroxyl groups is 1. The lowest BCUT2D eigenvalue weighted by Gasteiger charge is -2.08. The highest BCUT2D eigenvalue weighted by atomic mass is 32.2. The molecule has 0 spiro atoms. The molecule has 0 saturated carbocycles. The van der Waals surface area contributed by atoms with Crippen molar-refractivity contribution < 1.29 is 14.3 Å². The lowest BCUT2D eigenvalue weighted by atomic mass is 10.2. The second-order valence-electron chi connectivity index (χ2n) is 5.09. The van der Waals surface area contributed by atoms with Gasteiger partial charge in [0.1, 0.15) is 6.26 Å². The molecule has 1 unspecified atom stereocenters. The molecule has 0 fully saturated rings. The van der Waals surface area contributed by atoms with Crippen LogP contribution in [0.3, 0.4) is 0 Å². The van der Waals surface area contributed by atoms with Crippen molar-refractivity contribution in [2.24, 2.45) is 5.92 Å². The molecule has 0 saturated heterocycles. The van der Waals surface area contributed by atoms with E-state index in [2.05, 4.69) is 10.3 Å². The molecule has 1 amide bonds. The molecule has 2 rings (SSSR count). The van der Waals surface area contributed by atoms with Gasteiger partial charge in [-0.1, -0.05) is 25.1 Å². The van der Waals surface area contributed by atoms with Gasteiger partial charge in [0, 0.05) is 24.5 Å². The van der Waals surface area contributed by atoms with Gasteiger partial charge in [0.25, 0.3) is 0 Å². The molecule has 6 heteroatoms. The molecule has 22 heavy (non-hydrogen) atoms. The van der Waals surface area contributed by atoms with Gasteiger partial charge >= 0.3 is 0 Å². The minimum Gasteiger partial charge on any atom is -0.444 e. The summed E-state index contributed by atoms with van der Waals surface area (Å²) in [5.74, 6) is 1.64. The van der Waals surface area contributed by atoms with Crippen LogP contribution in [0.4, 0.5) is 0 Å². The number of carbonyl (C=O) groups excluding carboxylic acids is 1. The number of aromatic nitrogens is 1. The van der Waals surface area contributed by atoms with E-state index in [9.17, 15) is 4.79 Å². The molecule has 1 aromatic carbocycles. The first-order valence-corrected chi connectivity index (χ1v) is 8.29. The number of benzene rings is 1. The van der Waals surface area contributed by atoms with Gasteiger partial charge in [0.2, 0.25) is 11.8 Å². The topological polar surface area (TPSA) is 75.4 Å². The number of oxazole rings is 1. The van der Waals surface area contributed by atoms with Crippen LogP contribution < -0.4 is 5.32 Å². The Morgan fingerprint density at radius 2 is 2.18 bits per heavy atom. The number of carbonyl (C=O) groups is 1. The maximum absolute atomic E-state index is 11.6. The maximum atomic E-state index is 11.6. The molecule has 0 aliphatic heterocycles. The zero-order valence-corrected chi connectivity index (χ0v) is 13.3. The van der Waals surface area contributed by atoms with Gasteiger partial charge in [-0.05, 0) is 18.1 Å². The van der Waals surface area contributed by atoms with Crippen LogP contribution >= 0.6 is 11.8 Å². The van der Waals surface area contributed by atoms with E-state index in [0.717, 1.165) is 11.3 Å². The highest BCUT2D eigenvalue weighted by Crippen LogP contribution is 2.20. The van der Waals surface area contributed by atoms with E-state index in [1.807, 2.05) is 37.3 Å². The summed E-state index contributed by atoms with van der Waals surface area (Å²) in [7, 11) is 0. The number of nitrogens with one attached hydrogen (secondary N) is 1. The van der Waals surface area contributed by atoms with Crippen LogP contribution in [-0.4, -0.2) is 34.9 Å². The number of rotatable bonds is 8. The van der Waals surface area contributed by atoms with Gasteiger partial charge in [0.15, 0.2) is 0 Å². The summed E-state index contributed by atoms with van der Waals surface area (Å²) in [6.07, 6.45) is 1.63. The third-order valence-electron chi connectivity index (χ3n) is 3.01. The molecule has 0 aliphatic carbocycles. The molecule has 0 radical (unpaired) electrons. The van der Waals surface area contributed by atoms with Gasteiger partial charge in [-0.25, -0.2) is 4.98 Å². The van der Waals surface area contributed by atoms with Gasteiger partial charge in [-0.2, -0.15) is 0 Å². The van der Waals surface area contributed by atoms with Gasteiger partial charge in [-0.3, -0.25) is 4.79 Å². The largest absolute Gasteiger partial charge is 0.444 e. The van der Waals surface area contributed by atoms with E-state index in [1.54, 1.807) is 6.26 Å². The molecule has 0 aliphatic rings. The van der Waals surface area contributed by atoms with Crippen molar-refractivity contribution >= 4 is 17.7 Å². The Labute approximate surface area is 134 Å². The van der Waals surface area contributed by atoms with Crippen LogP contribution in [0, 0.1) is 5.92 Å².